The van der Waals surface area contributed by atoms with E-state index >= 15 is 0 Å². The maximum atomic E-state index is 13.2. The fourth-order valence-corrected chi connectivity index (χ4v) is 8.27. The monoisotopic (exact) mass is 710 g/mol. The van der Waals surface area contributed by atoms with E-state index in [9.17, 15) is 31.2 Å². The summed E-state index contributed by atoms with van der Waals surface area (Å²) in [5, 5.41) is 0.334. The van der Waals surface area contributed by atoms with Gasteiger partial charge in [0, 0.05) is 56.3 Å². The number of nitrogens with two attached hydrogens (primary N) is 1. The first-order valence-corrected chi connectivity index (χ1v) is 17.7. The first-order valence-electron chi connectivity index (χ1n) is 15.8. The SMILES string of the molecule is [C-]#[N+]c1cc(Cl)cc2c1C[C@H](N1CCN(C(=O)C(F)(F)F)[C@H](C)C1)[C@H]2Oc1ccc(S(=O)(=O)NC2CCN(C(=O)CCCN)CC2)cc1. The Bertz CT molecular complexity index is 1660. The Morgan fingerprint density at radius 1 is 1.12 bits per heavy atom. The second-order valence-electron chi connectivity index (χ2n) is 12.4. The van der Waals surface area contributed by atoms with Gasteiger partial charge in [0.2, 0.25) is 15.9 Å². The van der Waals surface area contributed by atoms with Gasteiger partial charge in [-0.3, -0.25) is 14.5 Å². The van der Waals surface area contributed by atoms with Crippen LogP contribution in [-0.2, 0) is 26.0 Å². The Kier molecular flexibility index (Phi) is 10.9. The molecule has 3 atom stereocenters. The number of fused-ring (bicyclic) bond motifs is 1. The zero-order valence-corrected chi connectivity index (χ0v) is 28.0. The van der Waals surface area contributed by atoms with Gasteiger partial charge in [-0.25, -0.2) is 18.0 Å². The molecule has 16 heteroatoms. The minimum atomic E-state index is -4.97. The molecular formula is C32H38ClF3N6O5S. The maximum absolute atomic E-state index is 13.2. The Labute approximate surface area is 283 Å². The number of benzene rings is 2. The van der Waals surface area contributed by atoms with Gasteiger partial charge in [0.1, 0.15) is 11.9 Å². The molecule has 0 radical (unpaired) electrons. The lowest BCUT2D eigenvalue weighted by Gasteiger charge is -2.43. The zero-order chi connectivity index (χ0) is 34.8. The van der Waals surface area contributed by atoms with Crippen molar-refractivity contribution in [3.05, 3.63) is 64.0 Å². The number of piperidine rings is 1. The third-order valence-corrected chi connectivity index (χ3v) is 11.0. The molecule has 2 saturated heterocycles. The number of rotatable bonds is 9. The fourth-order valence-electron chi connectivity index (χ4n) is 6.75. The highest BCUT2D eigenvalue weighted by Crippen LogP contribution is 2.44. The molecule has 0 spiro atoms. The molecule has 2 heterocycles. The molecule has 48 heavy (non-hydrogen) atoms. The van der Waals surface area contributed by atoms with Crippen LogP contribution >= 0.6 is 11.6 Å². The van der Waals surface area contributed by atoms with E-state index in [4.69, 9.17) is 28.6 Å². The van der Waals surface area contributed by atoms with Gasteiger partial charge < -0.3 is 20.3 Å². The predicted molar refractivity (Wildman–Crippen MR) is 172 cm³/mol. The molecule has 2 aromatic carbocycles. The van der Waals surface area contributed by atoms with E-state index in [-0.39, 0.29) is 42.5 Å². The number of hydrogen-bond acceptors (Lipinski definition) is 7. The van der Waals surface area contributed by atoms with Gasteiger partial charge in [0.25, 0.3) is 0 Å². The molecule has 3 aliphatic rings. The molecule has 11 nitrogen and oxygen atoms in total. The van der Waals surface area contributed by atoms with E-state index in [1.165, 1.54) is 24.3 Å². The van der Waals surface area contributed by atoms with Gasteiger partial charge in [-0.2, -0.15) is 13.2 Å². The maximum Gasteiger partial charge on any atom is 0.471 e. The highest BCUT2D eigenvalue weighted by Gasteiger charge is 2.47. The summed E-state index contributed by atoms with van der Waals surface area (Å²) in [6.45, 7) is 10.8. The van der Waals surface area contributed by atoms with Crippen molar-refractivity contribution in [3.63, 3.8) is 0 Å². The van der Waals surface area contributed by atoms with Crippen LogP contribution in [0.25, 0.3) is 4.85 Å². The number of piperazine rings is 1. The number of amides is 2. The molecular weight excluding hydrogens is 673 g/mol. The molecule has 0 saturated carbocycles. The van der Waals surface area contributed by atoms with Gasteiger partial charge in [0.05, 0.1) is 17.5 Å². The summed E-state index contributed by atoms with van der Waals surface area (Å²) in [7, 11) is -3.87. The molecule has 5 rings (SSSR count). The number of halogens is 4. The van der Waals surface area contributed by atoms with Gasteiger partial charge in [0.15, 0.2) is 5.69 Å². The number of nitrogens with zero attached hydrogens (tertiary/aromatic N) is 4. The molecule has 0 bridgehead atoms. The summed E-state index contributed by atoms with van der Waals surface area (Å²) >= 11 is 6.36. The van der Waals surface area contributed by atoms with Crippen LogP contribution in [0.15, 0.2) is 41.3 Å². The quantitative estimate of drug-likeness (QED) is 0.376. The van der Waals surface area contributed by atoms with Crippen molar-refractivity contribution in [2.45, 2.75) is 74.3 Å². The topological polar surface area (TPSA) is 130 Å². The van der Waals surface area contributed by atoms with Gasteiger partial charge >= 0.3 is 12.1 Å². The largest absolute Gasteiger partial charge is 0.484 e. The fraction of sp³-hybridized carbons (Fsp3) is 0.531. The summed E-state index contributed by atoms with van der Waals surface area (Å²) in [6, 6.07) is 7.77. The number of hydrogen-bond donors (Lipinski definition) is 2. The normalized spacial score (nSPS) is 22.3. The lowest BCUT2D eigenvalue weighted by molar-refractivity contribution is -0.190. The van der Waals surface area contributed by atoms with E-state index in [1.807, 2.05) is 4.90 Å². The second-order valence-corrected chi connectivity index (χ2v) is 14.5. The third kappa shape index (κ3) is 7.89. The van der Waals surface area contributed by atoms with Crippen LogP contribution in [0.2, 0.25) is 5.02 Å². The minimum Gasteiger partial charge on any atom is -0.484 e. The van der Waals surface area contributed by atoms with E-state index < -0.39 is 34.3 Å². The van der Waals surface area contributed by atoms with Crippen LogP contribution in [-0.4, -0.2) is 98.5 Å². The van der Waals surface area contributed by atoms with Crippen molar-refractivity contribution in [1.82, 2.24) is 19.4 Å². The zero-order valence-electron chi connectivity index (χ0n) is 26.4. The van der Waals surface area contributed by atoms with E-state index in [1.54, 1.807) is 24.0 Å². The summed E-state index contributed by atoms with van der Waals surface area (Å²) in [5.74, 6) is -1.50. The highest BCUT2D eigenvalue weighted by molar-refractivity contribution is 7.89. The number of nitrogens with one attached hydrogen (secondary N) is 1. The number of likely N-dealkylation sites (tertiary alicyclic amines) is 1. The van der Waals surface area contributed by atoms with E-state index in [0.717, 1.165) is 10.5 Å². The van der Waals surface area contributed by atoms with Crippen molar-refractivity contribution < 1.29 is 35.9 Å². The van der Waals surface area contributed by atoms with Gasteiger partial charge in [-0.05, 0) is 86.7 Å². The van der Waals surface area contributed by atoms with Crippen LogP contribution in [0.1, 0.15) is 49.8 Å². The lowest BCUT2D eigenvalue weighted by atomic mass is 10.1. The Balaban J connectivity index is 1.29. The van der Waals surface area contributed by atoms with Crippen LogP contribution in [0.5, 0.6) is 5.75 Å². The number of alkyl halides is 3. The number of sulfonamides is 1. The molecule has 0 unspecified atom stereocenters. The molecule has 2 amide bonds. The van der Waals surface area contributed by atoms with Crippen molar-refractivity contribution in [3.8, 4) is 5.75 Å². The predicted octanol–water partition coefficient (Wildman–Crippen LogP) is 4.04. The van der Waals surface area contributed by atoms with E-state index in [0.29, 0.717) is 73.8 Å². The first kappa shape index (κ1) is 35.9. The highest BCUT2D eigenvalue weighted by atomic mass is 35.5. The summed E-state index contributed by atoms with van der Waals surface area (Å²) in [4.78, 5) is 32.5. The van der Waals surface area contributed by atoms with Crippen molar-refractivity contribution >= 4 is 39.1 Å². The number of carbonyl (C=O) groups is 2. The number of carbonyl (C=O) groups excluding carboxylic acids is 2. The minimum absolute atomic E-state index is 0.0189. The van der Waals surface area contributed by atoms with Crippen LogP contribution in [0.4, 0.5) is 18.9 Å². The van der Waals surface area contributed by atoms with Crippen LogP contribution < -0.4 is 15.2 Å². The molecule has 3 N–H and O–H groups in total. The Morgan fingerprint density at radius 3 is 2.42 bits per heavy atom. The number of ether oxygens (including phenoxy) is 1. The van der Waals surface area contributed by atoms with E-state index in [2.05, 4.69) is 9.57 Å². The summed E-state index contributed by atoms with van der Waals surface area (Å²) in [6.07, 6.45) is -3.30. The molecule has 2 fully saturated rings. The average Bonchev–Trinajstić information content (AvgIpc) is 3.40. The lowest BCUT2D eigenvalue weighted by Crippen LogP contribution is -2.59. The molecule has 0 aromatic heterocycles. The van der Waals surface area contributed by atoms with Crippen LogP contribution in [0.3, 0.4) is 0 Å². The molecule has 260 valence electrons. The molecule has 2 aliphatic heterocycles. The molecule has 1 aliphatic carbocycles. The Morgan fingerprint density at radius 2 is 1.81 bits per heavy atom. The smallest absolute Gasteiger partial charge is 0.471 e. The average molecular weight is 711 g/mol. The van der Waals surface area contributed by atoms with Crippen molar-refractivity contribution in [2.24, 2.45) is 5.73 Å². The Hall–Kier alpha value is -3.42. The molecule has 2 aromatic rings. The van der Waals surface area contributed by atoms with Gasteiger partial charge in [-0.15, -0.1) is 0 Å². The summed E-state index contributed by atoms with van der Waals surface area (Å²) < 4.78 is 75.2. The first-order chi connectivity index (χ1) is 22.7. The second kappa shape index (κ2) is 14.6. The van der Waals surface area contributed by atoms with Crippen molar-refractivity contribution in [2.75, 3.05) is 39.3 Å². The van der Waals surface area contributed by atoms with Gasteiger partial charge in [-0.1, -0.05) is 11.6 Å². The van der Waals surface area contributed by atoms with Crippen molar-refractivity contribution in [1.29, 1.82) is 0 Å². The van der Waals surface area contributed by atoms with Crippen LogP contribution in [0, 0.1) is 6.57 Å². The standard InChI is InChI=1S/C32H38ClF3N6O5S/c1-20-19-41(14-15-42(20)31(44)32(34,35)36)28-18-25-26(16-21(33)17-27(25)38-2)30(28)47-23-5-7-24(8-6-23)48(45,46)39-22-9-12-40(13-10-22)29(43)4-3-11-37/h5-8,16-17,20,22,28,30,39H,3-4,9-15,18-19,37H2,1H3/t20-,28+,30+/m1/s1. The third-order valence-electron chi connectivity index (χ3n) is 9.21. The summed E-state index contributed by atoms with van der Waals surface area (Å²) in [5.41, 5.74) is 7.24.